The zero-order valence-electron chi connectivity index (χ0n) is 17.4. The van der Waals surface area contributed by atoms with E-state index in [4.69, 9.17) is 9.40 Å². The van der Waals surface area contributed by atoms with E-state index in [9.17, 15) is 0 Å². The summed E-state index contributed by atoms with van der Waals surface area (Å²) in [5, 5.41) is 3.57. The van der Waals surface area contributed by atoms with Gasteiger partial charge in [0.15, 0.2) is 0 Å². The lowest BCUT2D eigenvalue weighted by molar-refractivity contribution is 0.604. The lowest BCUT2D eigenvalue weighted by Crippen LogP contribution is -2.21. The van der Waals surface area contributed by atoms with Crippen molar-refractivity contribution in [3.05, 3.63) is 96.4 Å². The standard InChI is InChI=1S/C28H20N2O/c1-28(2)26-20(10-7-15-29-26)25-19-9-3-5-11-22(19)30(27(25)28)17-13-14-24-21(16-17)18-8-4-6-12-23(18)31-24/h3-16H,1-2H3. The molecule has 0 radical (unpaired) electrons. The first-order valence-corrected chi connectivity index (χ1v) is 10.7. The number of hydrogen-bond acceptors (Lipinski definition) is 2. The van der Waals surface area contributed by atoms with Crippen molar-refractivity contribution in [2.75, 3.05) is 0 Å². The molecule has 7 rings (SSSR count). The molecule has 0 amide bonds. The van der Waals surface area contributed by atoms with Gasteiger partial charge in [-0.1, -0.05) is 42.5 Å². The Morgan fingerprint density at radius 3 is 2.45 bits per heavy atom. The number of pyridine rings is 1. The molecule has 0 saturated heterocycles. The molecule has 3 aromatic heterocycles. The number of furan rings is 1. The van der Waals surface area contributed by atoms with E-state index < -0.39 is 0 Å². The molecule has 3 heterocycles. The summed E-state index contributed by atoms with van der Waals surface area (Å²) in [5.41, 5.74) is 9.02. The maximum atomic E-state index is 6.08. The third-order valence-corrected chi connectivity index (χ3v) is 6.75. The van der Waals surface area contributed by atoms with E-state index in [-0.39, 0.29) is 5.41 Å². The molecule has 0 spiro atoms. The third kappa shape index (κ3) is 2.05. The maximum Gasteiger partial charge on any atom is 0.135 e. The minimum atomic E-state index is -0.196. The second kappa shape index (κ2) is 5.64. The van der Waals surface area contributed by atoms with Gasteiger partial charge in [0.05, 0.1) is 11.2 Å². The van der Waals surface area contributed by atoms with Crippen molar-refractivity contribution in [3.63, 3.8) is 0 Å². The predicted octanol–water partition coefficient (Wildman–Crippen LogP) is 7.23. The Labute approximate surface area is 179 Å². The van der Waals surface area contributed by atoms with E-state index in [1.54, 1.807) is 0 Å². The number of benzene rings is 3. The first-order chi connectivity index (χ1) is 15.1. The SMILES string of the molecule is CC1(C)c2ncccc2-c2c1n(-c1ccc3oc4ccccc4c3c1)c1ccccc21. The lowest BCUT2D eigenvalue weighted by atomic mass is 9.89. The van der Waals surface area contributed by atoms with Crippen LogP contribution >= 0.6 is 0 Å². The average Bonchev–Trinajstić information content (AvgIpc) is 3.41. The molecule has 0 unspecified atom stereocenters. The van der Waals surface area contributed by atoms with Crippen LogP contribution in [0.1, 0.15) is 25.2 Å². The molecule has 1 aliphatic carbocycles. The molecular formula is C28H20N2O. The van der Waals surface area contributed by atoms with Gasteiger partial charge in [0.2, 0.25) is 0 Å². The predicted molar refractivity (Wildman–Crippen MR) is 126 cm³/mol. The Hall–Kier alpha value is -3.85. The quantitative estimate of drug-likeness (QED) is 0.291. The molecule has 0 bridgehead atoms. The Balaban J connectivity index is 1.62. The van der Waals surface area contributed by atoms with Gasteiger partial charge in [-0.05, 0) is 50.2 Å². The van der Waals surface area contributed by atoms with Gasteiger partial charge >= 0.3 is 0 Å². The normalized spacial score (nSPS) is 14.4. The fourth-order valence-corrected chi connectivity index (χ4v) is 5.44. The Bertz CT molecular complexity index is 1670. The molecule has 3 nitrogen and oxygen atoms in total. The Morgan fingerprint density at radius 1 is 0.774 bits per heavy atom. The van der Waals surface area contributed by atoms with Crippen molar-refractivity contribution < 1.29 is 4.42 Å². The molecule has 0 aliphatic heterocycles. The molecule has 1 aliphatic rings. The molecule has 3 aromatic carbocycles. The summed E-state index contributed by atoms with van der Waals surface area (Å²) in [6.07, 6.45) is 1.91. The van der Waals surface area contributed by atoms with E-state index in [1.165, 1.54) is 27.7 Å². The summed E-state index contributed by atoms with van der Waals surface area (Å²) in [6.45, 7) is 4.57. The molecular weight excluding hydrogens is 380 g/mol. The van der Waals surface area contributed by atoms with Gasteiger partial charge in [0.25, 0.3) is 0 Å². The van der Waals surface area contributed by atoms with Gasteiger partial charge in [-0.15, -0.1) is 0 Å². The summed E-state index contributed by atoms with van der Waals surface area (Å²) in [5.74, 6) is 0. The molecule has 0 atom stereocenters. The van der Waals surface area contributed by atoms with Crippen LogP contribution in [0.25, 0.3) is 49.7 Å². The van der Waals surface area contributed by atoms with Crippen LogP contribution < -0.4 is 0 Å². The first-order valence-electron chi connectivity index (χ1n) is 10.7. The lowest BCUT2D eigenvalue weighted by Gasteiger charge is -2.23. The summed E-state index contributed by atoms with van der Waals surface area (Å²) in [7, 11) is 0. The van der Waals surface area contributed by atoms with Crippen LogP contribution in [0.3, 0.4) is 0 Å². The minimum absolute atomic E-state index is 0.196. The van der Waals surface area contributed by atoms with Crippen molar-refractivity contribution in [1.82, 2.24) is 9.55 Å². The van der Waals surface area contributed by atoms with Crippen LogP contribution in [0.5, 0.6) is 0 Å². The average molecular weight is 400 g/mol. The third-order valence-electron chi connectivity index (χ3n) is 6.75. The van der Waals surface area contributed by atoms with Crippen LogP contribution in [0.2, 0.25) is 0 Å². The van der Waals surface area contributed by atoms with E-state index >= 15 is 0 Å². The maximum absolute atomic E-state index is 6.08. The van der Waals surface area contributed by atoms with Crippen LogP contribution in [-0.4, -0.2) is 9.55 Å². The number of rotatable bonds is 1. The van der Waals surface area contributed by atoms with E-state index in [1.807, 2.05) is 24.4 Å². The number of aromatic nitrogens is 2. The van der Waals surface area contributed by atoms with Gasteiger partial charge in [0, 0.05) is 50.3 Å². The molecule has 6 aromatic rings. The van der Waals surface area contributed by atoms with Crippen LogP contribution in [0.4, 0.5) is 0 Å². The summed E-state index contributed by atoms with van der Waals surface area (Å²) >= 11 is 0. The molecule has 148 valence electrons. The number of nitrogens with zero attached hydrogens (tertiary/aromatic N) is 2. The van der Waals surface area contributed by atoms with Crippen molar-refractivity contribution in [1.29, 1.82) is 0 Å². The van der Waals surface area contributed by atoms with Gasteiger partial charge < -0.3 is 8.98 Å². The first kappa shape index (κ1) is 16.9. The number of fused-ring (bicyclic) bond motifs is 8. The van der Waals surface area contributed by atoms with Crippen LogP contribution in [0, 0.1) is 0 Å². The Kier molecular flexibility index (Phi) is 3.07. The number of para-hydroxylation sites is 2. The monoisotopic (exact) mass is 400 g/mol. The molecule has 0 N–H and O–H groups in total. The van der Waals surface area contributed by atoms with Gasteiger partial charge in [-0.2, -0.15) is 0 Å². The molecule has 31 heavy (non-hydrogen) atoms. The highest BCUT2D eigenvalue weighted by atomic mass is 16.3. The smallest absolute Gasteiger partial charge is 0.135 e. The van der Waals surface area contributed by atoms with Crippen molar-refractivity contribution in [2.24, 2.45) is 0 Å². The zero-order valence-corrected chi connectivity index (χ0v) is 17.4. The van der Waals surface area contributed by atoms with E-state index in [0.29, 0.717) is 0 Å². The minimum Gasteiger partial charge on any atom is -0.456 e. The van der Waals surface area contributed by atoms with E-state index in [0.717, 1.165) is 33.3 Å². The number of hydrogen-bond donors (Lipinski definition) is 0. The molecule has 0 saturated carbocycles. The van der Waals surface area contributed by atoms with Gasteiger partial charge in [0.1, 0.15) is 11.2 Å². The fourth-order valence-electron chi connectivity index (χ4n) is 5.44. The largest absolute Gasteiger partial charge is 0.456 e. The van der Waals surface area contributed by atoms with Gasteiger partial charge in [-0.25, -0.2) is 0 Å². The highest BCUT2D eigenvalue weighted by Crippen LogP contribution is 2.52. The fraction of sp³-hybridized carbons (Fsp3) is 0.107. The van der Waals surface area contributed by atoms with Crippen LogP contribution in [0.15, 0.2) is 89.5 Å². The molecule has 3 heteroatoms. The topological polar surface area (TPSA) is 31.0 Å². The second-order valence-electron chi connectivity index (χ2n) is 8.88. The summed E-state index contributed by atoms with van der Waals surface area (Å²) in [4.78, 5) is 4.79. The van der Waals surface area contributed by atoms with Gasteiger partial charge in [-0.3, -0.25) is 4.98 Å². The zero-order chi connectivity index (χ0) is 20.7. The summed E-state index contributed by atoms with van der Waals surface area (Å²) in [6, 6.07) is 27.7. The molecule has 0 fully saturated rings. The van der Waals surface area contributed by atoms with E-state index in [2.05, 4.69) is 79.1 Å². The summed E-state index contributed by atoms with van der Waals surface area (Å²) < 4.78 is 8.50. The van der Waals surface area contributed by atoms with Crippen molar-refractivity contribution in [2.45, 2.75) is 19.3 Å². The highest BCUT2D eigenvalue weighted by molar-refractivity contribution is 6.07. The van der Waals surface area contributed by atoms with Crippen molar-refractivity contribution >= 4 is 32.8 Å². The van der Waals surface area contributed by atoms with Crippen LogP contribution in [-0.2, 0) is 5.41 Å². The second-order valence-corrected chi connectivity index (χ2v) is 8.88. The highest BCUT2D eigenvalue weighted by Gasteiger charge is 2.42. The van der Waals surface area contributed by atoms with Crippen molar-refractivity contribution in [3.8, 4) is 16.8 Å². The Morgan fingerprint density at radius 2 is 1.55 bits per heavy atom.